The van der Waals surface area contributed by atoms with Crippen molar-refractivity contribution >= 4 is 15.9 Å². The Hall–Kier alpha value is -0.350. The van der Waals surface area contributed by atoms with Crippen LogP contribution in [0.15, 0.2) is 16.9 Å². The first-order valence-electron chi connectivity index (χ1n) is 5.06. The fourth-order valence-corrected chi connectivity index (χ4v) is 1.47. The van der Waals surface area contributed by atoms with Gasteiger partial charge >= 0.3 is 0 Å². The molecule has 1 N–H and O–H groups in total. The molecule has 80 valence electrons. The first-order valence-corrected chi connectivity index (χ1v) is 5.85. The van der Waals surface area contributed by atoms with Crippen molar-refractivity contribution in [3.05, 3.63) is 16.9 Å². The van der Waals surface area contributed by atoms with Gasteiger partial charge in [0.1, 0.15) is 0 Å². The molecule has 1 rings (SSSR count). The van der Waals surface area contributed by atoms with Gasteiger partial charge in [0.25, 0.3) is 0 Å². The molecule has 3 nitrogen and oxygen atoms in total. The first kappa shape index (κ1) is 11.7. The second-order valence-corrected chi connectivity index (χ2v) is 4.62. The molecule has 4 heteroatoms. The van der Waals surface area contributed by atoms with Gasteiger partial charge in [0.2, 0.25) is 0 Å². The Labute approximate surface area is 94.0 Å². The summed E-state index contributed by atoms with van der Waals surface area (Å²) in [6, 6.07) is 0.978. The SMILES string of the molecule is CCC(C)NCC(C)n1cc(Br)cn1. The van der Waals surface area contributed by atoms with Crippen LogP contribution < -0.4 is 5.32 Å². The lowest BCUT2D eigenvalue weighted by molar-refractivity contribution is 0.419. The van der Waals surface area contributed by atoms with E-state index in [0.717, 1.165) is 17.4 Å². The van der Waals surface area contributed by atoms with Crippen LogP contribution in [-0.4, -0.2) is 22.4 Å². The van der Waals surface area contributed by atoms with Gasteiger partial charge in [-0.1, -0.05) is 6.92 Å². The van der Waals surface area contributed by atoms with Gasteiger partial charge in [0.05, 0.1) is 16.7 Å². The molecule has 0 amide bonds. The average Bonchev–Trinajstić information content (AvgIpc) is 2.60. The molecule has 0 radical (unpaired) electrons. The van der Waals surface area contributed by atoms with Gasteiger partial charge in [-0.2, -0.15) is 5.10 Å². The van der Waals surface area contributed by atoms with E-state index in [-0.39, 0.29) is 0 Å². The Morgan fingerprint density at radius 3 is 2.79 bits per heavy atom. The van der Waals surface area contributed by atoms with E-state index in [1.807, 2.05) is 17.1 Å². The Morgan fingerprint density at radius 1 is 1.57 bits per heavy atom. The molecule has 1 heterocycles. The minimum Gasteiger partial charge on any atom is -0.312 e. The van der Waals surface area contributed by atoms with Crippen molar-refractivity contribution in [1.29, 1.82) is 0 Å². The van der Waals surface area contributed by atoms with E-state index >= 15 is 0 Å². The maximum Gasteiger partial charge on any atom is 0.0632 e. The number of rotatable bonds is 5. The quantitative estimate of drug-likeness (QED) is 0.881. The monoisotopic (exact) mass is 259 g/mol. The summed E-state index contributed by atoms with van der Waals surface area (Å²) in [4.78, 5) is 0. The number of hydrogen-bond donors (Lipinski definition) is 1. The predicted octanol–water partition coefficient (Wildman–Crippen LogP) is 2.59. The van der Waals surface area contributed by atoms with Gasteiger partial charge in [-0.25, -0.2) is 0 Å². The second-order valence-electron chi connectivity index (χ2n) is 3.71. The highest BCUT2D eigenvalue weighted by atomic mass is 79.9. The zero-order chi connectivity index (χ0) is 10.6. The van der Waals surface area contributed by atoms with Crippen LogP contribution in [-0.2, 0) is 0 Å². The van der Waals surface area contributed by atoms with Crippen LogP contribution in [0.25, 0.3) is 0 Å². The van der Waals surface area contributed by atoms with Gasteiger partial charge in [0.15, 0.2) is 0 Å². The third-order valence-corrected chi connectivity index (χ3v) is 2.81. The lowest BCUT2D eigenvalue weighted by Gasteiger charge is -2.16. The molecule has 0 spiro atoms. The molecule has 1 aromatic heterocycles. The lowest BCUT2D eigenvalue weighted by Crippen LogP contribution is -2.31. The number of aromatic nitrogens is 2. The van der Waals surface area contributed by atoms with E-state index in [1.54, 1.807) is 0 Å². The molecule has 0 aliphatic carbocycles. The van der Waals surface area contributed by atoms with Crippen LogP contribution in [0.2, 0.25) is 0 Å². The molecule has 1 aromatic rings. The first-order chi connectivity index (χ1) is 6.63. The van der Waals surface area contributed by atoms with Gasteiger partial charge in [-0.05, 0) is 36.2 Å². The maximum absolute atomic E-state index is 4.25. The van der Waals surface area contributed by atoms with Crippen LogP contribution in [0.5, 0.6) is 0 Å². The summed E-state index contributed by atoms with van der Waals surface area (Å²) in [6.07, 6.45) is 4.98. The summed E-state index contributed by atoms with van der Waals surface area (Å²) in [7, 11) is 0. The molecule has 0 saturated heterocycles. The van der Waals surface area contributed by atoms with Crippen molar-refractivity contribution in [3.8, 4) is 0 Å². The van der Waals surface area contributed by atoms with E-state index in [2.05, 4.69) is 47.1 Å². The van der Waals surface area contributed by atoms with Gasteiger partial charge in [0, 0.05) is 18.8 Å². The van der Waals surface area contributed by atoms with E-state index in [4.69, 9.17) is 0 Å². The Kier molecular flexibility index (Phi) is 4.62. The fraction of sp³-hybridized carbons (Fsp3) is 0.700. The molecule has 0 bridgehead atoms. The van der Waals surface area contributed by atoms with Crippen LogP contribution in [0.3, 0.4) is 0 Å². The predicted molar refractivity (Wildman–Crippen MR) is 62.4 cm³/mol. The Bertz CT molecular complexity index is 272. The zero-order valence-electron chi connectivity index (χ0n) is 9.00. The minimum absolute atomic E-state index is 0.398. The van der Waals surface area contributed by atoms with E-state index in [0.29, 0.717) is 12.1 Å². The number of nitrogens with zero attached hydrogens (tertiary/aromatic N) is 2. The minimum atomic E-state index is 0.398. The van der Waals surface area contributed by atoms with Crippen LogP contribution in [0, 0.1) is 0 Å². The fourth-order valence-electron chi connectivity index (χ4n) is 1.17. The third kappa shape index (κ3) is 3.42. The highest BCUT2D eigenvalue weighted by Gasteiger charge is 2.06. The highest BCUT2D eigenvalue weighted by molar-refractivity contribution is 9.10. The summed E-state index contributed by atoms with van der Waals surface area (Å²) >= 11 is 3.39. The van der Waals surface area contributed by atoms with E-state index in [1.165, 1.54) is 0 Å². The topological polar surface area (TPSA) is 29.9 Å². The van der Waals surface area contributed by atoms with Crippen molar-refractivity contribution < 1.29 is 0 Å². The molecule has 0 aliphatic rings. The standard InChI is InChI=1S/C10H18BrN3/c1-4-8(2)12-5-9(3)14-7-10(11)6-13-14/h6-9,12H,4-5H2,1-3H3. The summed E-state index contributed by atoms with van der Waals surface area (Å²) < 4.78 is 3.01. The molecule has 0 saturated carbocycles. The Balaban J connectivity index is 2.39. The average molecular weight is 260 g/mol. The third-order valence-electron chi connectivity index (χ3n) is 2.40. The lowest BCUT2D eigenvalue weighted by atomic mass is 10.2. The number of hydrogen-bond acceptors (Lipinski definition) is 2. The van der Waals surface area contributed by atoms with Crippen molar-refractivity contribution in [3.63, 3.8) is 0 Å². The zero-order valence-corrected chi connectivity index (χ0v) is 10.6. The number of nitrogens with one attached hydrogen (secondary N) is 1. The van der Waals surface area contributed by atoms with E-state index in [9.17, 15) is 0 Å². The molecule has 14 heavy (non-hydrogen) atoms. The van der Waals surface area contributed by atoms with E-state index < -0.39 is 0 Å². The summed E-state index contributed by atoms with van der Waals surface area (Å²) in [5.41, 5.74) is 0. The summed E-state index contributed by atoms with van der Waals surface area (Å²) in [6.45, 7) is 7.51. The van der Waals surface area contributed by atoms with Gasteiger partial charge in [-0.15, -0.1) is 0 Å². The van der Waals surface area contributed by atoms with Crippen molar-refractivity contribution in [2.75, 3.05) is 6.54 Å². The summed E-state index contributed by atoms with van der Waals surface area (Å²) in [5, 5.41) is 7.71. The number of halogens is 1. The molecule has 2 unspecified atom stereocenters. The van der Waals surface area contributed by atoms with Gasteiger partial charge < -0.3 is 5.32 Å². The molecule has 0 aliphatic heterocycles. The van der Waals surface area contributed by atoms with Crippen LogP contribution in [0.4, 0.5) is 0 Å². The highest BCUT2D eigenvalue weighted by Crippen LogP contribution is 2.10. The van der Waals surface area contributed by atoms with Gasteiger partial charge in [-0.3, -0.25) is 4.68 Å². The van der Waals surface area contributed by atoms with Crippen molar-refractivity contribution in [1.82, 2.24) is 15.1 Å². The van der Waals surface area contributed by atoms with Crippen LogP contribution >= 0.6 is 15.9 Å². The largest absolute Gasteiger partial charge is 0.312 e. The van der Waals surface area contributed by atoms with Crippen molar-refractivity contribution in [2.24, 2.45) is 0 Å². The molecule has 0 aromatic carbocycles. The maximum atomic E-state index is 4.25. The molecular formula is C10H18BrN3. The smallest absolute Gasteiger partial charge is 0.0632 e. The summed E-state index contributed by atoms with van der Waals surface area (Å²) in [5.74, 6) is 0. The second kappa shape index (κ2) is 5.51. The van der Waals surface area contributed by atoms with Crippen LogP contribution in [0.1, 0.15) is 33.2 Å². The van der Waals surface area contributed by atoms with Crippen molar-refractivity contribution in [2.45, 2.75) is 39.3 Å². The molecule has 2 atom stereocenters. The normalized spacial score (nSPS) is 15.4. The Morgan fingerprint density at radius 2 is 2.29 bits per heavy atom. The molecular weight excluding hydrogens is 242 g/mol. The molecule has 0 fully saturated rings.